The summed E-state index contributed by atoms with van der Waals surface area (Å²) < 4.78 is 23.2. The van der Waals surface area contributed by atoms with E-state index in [2.05, 4.69) is 31.3 Å². The summed E-state index contributed by atoms with van der Waals surface area (Å²) in [6.07, 6.45) is 30.1. The van der Waals surface area contributed by atoms with Crippen LogP contribution in [0.25, 0.3) is 0 Å². The zero-order chi connectivity index (χ0) is 32.9. The average Bonchev–Trinajstić information content (AvgIpc) is 2.96. The van der Waals surface area contributed by atoms with Crippen LogP contribution in [0.3, 0.4) is 0 Å². The molecule has 260 valence electrons. The van der Waals surface area contributed by atoms with Crippen LogP contribution in [-0.4, -0.2) is 73.4 Å². The molecule has 9 heteroatoms. The van der Waals surface area contributed by atoms with Gasteiger partial charge in [-0.1, -0.05) is 122 Å². The number of aliphatic hydroxyl groups excluding tert-OH is 1. The summed E-state index contributed by atoms with van der Waals surface area (Å²) in [7, 11) is 1.56. The lowest BCUT2D eigenvalue weighted by atomic mass is 10.1. The number of likely N-dealkylation sites (N-methyl/N-ethyl adjacent to an activating group) is 1. The summed E-state index contributed by atoms with van der Waals surface area (Å²) in [6, 6.07) is -0.840. The van der Waals surface area contributed by atoms with Crippen molar-refractivity contribution in [2.45, 2.75) is 154 Å². The van der Waals surface area contributed by atoms with Crippen molar-refractivity contribution in [3.63, 3.8) is 0 Å². The summed E-state index contributed by atoms with van der Waals surface area (Å²) in [5.41, 5.74) is 0. The van der Waals surface area contributed by atoms with Crippen molar-refractivity contribution < 1.29 is 32.9 Å². The lowest BCUT2D eigenvalue weighted by molar-refractivity contribution is -0.870. The van der Waals surface area contributed by atoms with Crippen LogP contribution in [0.15, 0.2) is 24.3 Å². The van der Waals surface area contributed by atoms with E-state index in [0.29, 0.717) is 17.4 Å². The Bertz CT molecular complexity index is 784. The molecule has 0 aromatic rings. The van der Waals surface area contributed by atoms with Gasteiger partial charge in [-0.2, -0.15) is 0 Å². The van der Waals surface area contributed by atoms with Crippen molar-refractivity contribution in [1.29, 1.82) is 0 Å². The van der Waals surface area contributed by atoms with Crippen LogP contribution in [0.5, 0.6) is 0 Å². The third-order valence-electron chi connectivity index (χ3n) is 7.67. The molecule has 3 unspecified atom stereocenters. The number of nitrogens with zero attached hydrogens (tertiary/aromatic N) is 1. The van der Waals surface area contributed by atoms with Gasteiger partial charge >= 0.3 is 7.82 Å². The van der Waals surface area contributed by atoms with Crippen LogP contribution in [0.1, 0.15) is 142 Å². The van der Waals surface area contributed by atoms with E-state index in [-0.39, 0.29) is 19.1 Å². The monoisotopic (exact) mass is 645 g/mol. The molecule has 0 aromatic carbocycles. The topological polar surface area (TPSA) is 105 Å². The standard InChI is InChI=1S/C35H69N2O6P/c1-6-8-10-12-13-14-15-16-17-18-19-20-21-22-23-24-25-27-29-35(39)36-33(34(38)28-26-11-9-7-2)32-43-44(40,41)42-31-30-37(3,4)5/h17-18,26,28,33-34,38H,6-16,19-25,27,29-32H2,1-5H3,(H-,36,39,40,41)/p+1/b18-17-,28-26+. The zero-order valence-corrected chi connectivity index (χ0v) is 30.0. The number of amides is 1. The van der Waals surface area contributed by atoms with Crippen LogP contribution >= 0.6 is 7.82 Å². The van der Waals surface area contributed by atoms with Gasteiger partial charge in [0.1, 0.15) is 13.2 Å². The van der Waals surface area contributed by atoms with E-state index in [4.69, 9.17) is 9.05 Å². The number of rotatable bonds is 31. The molecule has 3 atom stereocenters. The van der Waals surface area contributed by atoms with E-state index >= 15 is 0 Å². The van der Waals surface area contributed by atoms with Crippen molar-refractivity contribution in [2.24, 2.45) is 0 Å². The molecular formula is C35H70N2O6P+. The average molecular weight is 646 g/mol. The van der Waals surface area contributed by atoms with Gasteiger partial charge < -0.3 is 19.8 Å². The molecule has 44 heavy (non-hydrogen) atoms. The molecule has 0 aromatic heterocycles. The van der Waals surface area contributed by atoms with Gasteiger partial charge in [-0.05, 0) is 38.5 Å². The molecule has 3 N–H and O–H groups in total. The van der Waals surface area contributed by atoms with Gasteiger partial charge in [-0.3, -0.25) is 13.8 Å². The van der Waals surface area contributed by atoms with E-state index < -0.39 is 20.0 Å². The maximum absolute atomic E-state index is 12.6. The molecule has 0 spiro atoms. The maximum Gasteiger partial charge on any atom is 0.472 e. The number of phosphoric ester groups is 1. The number of unbranched alkanes of at least 4 members (excludes halogenated alkanes) is 16. The van der Waals surface area contributed by atoms with E-state index in [9.17, 15) is 19.4 Å². The quantitative estimate of drug-likeness (QED) is 0.0302. The zero-order valence-electron chi connectivity index (χ0n) is 29.1. The Morgan fingerprint density at radius 2 is 1.25 bits per heavy atom. The highest BCUT2D eigenvalue weighted by atomic mass is 31.2. The smallest absolute Gasteiger partial charge is 0.387 e. The summed E-state index contributed by atoms with van der Waals surface area (Å²) >= 11 is 0. The van der Waals surface area contributed by atoms with Gasteiger partial charge in [-0.15, -0.1) is 0 Å². The first-order valence-electron chi connectivity index (χ1n) is 17.7. The van der Waals surface area contributed by atoms with Crippen molar-refractivity contribution in [3.8, 4) is 0 Å². The number of nitrogens with one attached hydrogen (secondary N) is 1. The van der Waals surface area contributed by atoms with E-state index in [1.54, 1.807) is 6.08 Å². The lowest BCUT2D eigenvalue weighted by Gasteiger charge is -2.25. The Hall–Kier alpha value is -1.02. The molecule has 1 amide bonds. The van der Waals surface area contributed by atoms with Crippen molar-refractivity contribution >= 4 is 13.7 Å². The van der Waals surface area contributed by atoms with Crippen LogP contribution in [-0.2, 0) is 18.4 Å². The summed E-state index contributed by atoms with van der Waals surface area (Å²) in [5.74, 6) is -0.193. The molecule has 0 aliphatic carbocycles. The highest BCUT2D eigenvalue weighted by Gasteiger charge is 2.27. The largest absolute Gasteiger partial charge is 0.472 e. The number of hydrogen-bond donors (Lipinski definition) is 3. The predicted octanol–water partition coefficient (Wildman–Crippen LogP) is 8.63. The molecule has 0 saturated heterocycles. The fraction of sp³-hybridized carbons (Fsp3) is 0.857. The number of hydrogen-bond acceptors (Lipinski definition) is 5. The molecule has 0 aliphatic heterocycles. The normalized spacial score (nSPS) is 15.2. The Morgan fingerprint density at radius 1 is 0.750 bits per heavy atom. The third kappa shape index (κ3) is 29.7. The molecular weight excluding hydrogens is 575 g/mol. The first kappa shape index (κ1) is 43.0. The van der Waals surface area contributed by atoms with Crippen LogP contribution < -0.4 is 5.32 Å². The highest BCUT2D eigenvalue weighted by molar-refractivity contribution is 7.47. The second kappa shape index (κ2) is 28.2. The van der Waals surface area contributed by atoms with E-state index in [1.165, 1.54) is 83.5 Å². The SMILES string of the molecule is CCCC/C=C/C(O)C(COP(=O)(O)OCC[N+](C)(C)C)NC(=O)CCCCCCCCC/C=C\CCCCCCCCC. The molecule has 0 rings (SSSR count). The van der Waals surface area contributed by atoms with Crippen LogP contribution in [0.4, 0.5) is 0 Å². The number of carbonyl (C=O) groups is 1. The number of allylic oxidation sites excluding steroid dienone is 3. The number of carbonyl (C=O) groups excluding carboxylic acids is 1. The Kier molecular flexibility index (Phi) is 27.6. The predicted molar refractivity (Wildman–Crippen MR) is 185 cm³/mol. The summed E-state index contributed by atoms with van der Waals surface area (Å²) in [5, 5.41) is 13.5. The van der Waals surface area contributed by atoms with Crippen LogP contribution in [0.2, 0.25) is 0 Å². The number of aliphatic hydroxyl groups is 1. The van der Waals surface area contributed by atoms with Crippen molar-refractivity contribution in [2.75, 3.05) is 40.9 Å². The Balaban J connectivity index is 4.21. The Morgan fingerprint density at radius 3 is 1.80 bits per heavy atom. The molecule has 0 heterocycles. The third-order valence-corrected chi connectivity index (χ3v) is 8.65. The molecule has 0 aliphatic rings. The first-order valence-corrected chi connectivity index (χ1v) is 19.2. The molecule has 0 fully saturated rings. The van der Waals surface area contributed by atoms with Gasteiger partial charge in [0.25, 0.3) is 0 Å². The minimum Gasteiger partial charge on any atom is -0.387 e. The van der Waals surface area contributed by atoms with Crippen molar-refractivity contribution in [3.05, 3.63) is 24.3 Å². The van der Waals surface area contributed by atoms with Gasteiger partial charge in [-0.25, -0.2) is 4.57 Å². The number of quaternary nitrogens is 1. The summed E-state index contributed by atoms with van der Waals surface area (Å²) in [4.78, 5) is 22.7. The van der Waals surface area contributed by atoms with Crippen molar-refractivity contribution in [1.82, 2.24) is 5.32 Å². The lowest BCUT2D eigenvalue weighted by Crippen LogP contribution is -2.45. The maximum atomic E-state index is 12.6. The first-order chi connectivity index (χ1) is 21.0. The second-order valence-electron chi connectivity index (χ2n) is 13.2. The van der Waals surface area contributed by atoms with Gasteiger partial charge in [0.05, 0.1) is 39.9 Å². The Labute approximate surface area is 271 Å². The fourth-order valence-electron chi connectivity index (χ4n) is 4.72. The van der Waals surface area contributed by atoms with Gasteiger partial charge in [0.15, 0.2) is 0 Å². The molecule has 0 saturated carbocycles. The van der Waals surface area contributed by atoms with E-state index in [1.807, 2.05) is 27.2 Å². The van der Waals surface area contributed by atoms with E-state index in [0.717, 1.165) is 38.5 Å². The molecule has 8 nitrogen and oxygen atoms in total. The molecule has 0 bridgehead atoms. The minimum atomic E-state index is -4.31. The van der Waals surface area contributed by atoms with Gasteiger partial charge in [0.2, 0.25) is 5.91 Å². The second-order valence-corrected chi connectivity index (χ2v) is 14.7. The minimum absolute atomic E-state index is 0.0597. The number of phosphoric acid groups is 1. The highest BCUT2D eigenvalue weighted by Crippen LogP contribution is 2.43. The molecule has 0 radical (unpaired) electrons. The van der Waals surface area contributed by atoms with Gasteiger partial charge in [0, 0.05) is 6.42 Å². The van der Waals surface area contributed by atoms with Crippen LogP contribution in [0, 0.1) is 0 Å². The fourth-order valence-corrected chi connectivity index (χ4v) is 5.46. The summed E-state index contributed by atoms with van der Waals surface area (Å²) in [6.45, 7) is 4.63.